The van der Waals surface area contributed by atoms with Crippen LogP contribution in [0.1, 0.15) is 61.3 Å². The first-order valence-corrected chi connectivity index (χ1v) is 6.32. The second-order valence-electron chi connectivity index (χ2n) is 7.28. The molecule has 1 unspecified atom stereocenters. The Balaban J connectivity index is 3.04. The molecule has 0 N–H and O–H groups in total. The number of carbonyl (C=O) groups excluding carboxylic acids is 1. The second-order valence-corrected chi connectivity index (χ2v) is 7.28. The molecule has 1 aliphatic rings. The Bertz CT molecular complexity index is 282. The molecule has 0 bridgehead atoms. The van der Waals surface area contributed by atoms with Crippen LogP contribution in [-0.2, 0) is 4.79 Å². The van der Waals surface area contributed by atoms with Crippen molar-refractivity contribution in [2.24, 2.45) is 5.41 Å². The van der Waals surface area contributed by atoms with E-state index in [1.807, 2.05) is 20.8 Å². The largest absolute Gasteiger partial charge is 0.297 e. The summed E-state index contributed by atoms with van der Waals surface area (Å²) in [6.07, 6.45) is 2.13. The maximum atomic E-state index is 12.6. The van der Waals surface area contributed by atoms with Gasteiger partial charge in [-0.2, -0.15) is 0 Å². The van der Waals surface area contributed by atoms with Crippen molar-refractivity contribution in [3.05, 3.63) is 0 Å². The molecule has 2 heteroatoms. The van der Waals surface area contributed by atoms with E-state index in [0.717, 1.165) is 19.4 Å². The molecule has 0 aromatic carbocycles. The number of hydrogen-bond donors (Lipinski definition) is 0. The Labute approximate surface area is 100 Å². The molecule has 1 saturated heterocycles. The van der Waals surface area contributed by atoms with Gasteiger partial charge in [-0.25, -0.2) is 0 Å². The molecular formula is C14H27NO. The zero-order valence-electron chi connectivity index (χ0n) is 12.0. The summed E-state index contributed by atoms with van der Waals surface area (Å²) in [7, 11) is 0. The average Bonchev–Trinajstić information content (AvgIpc) is 2.44. The van der Waals surface area contributed by atoms with E-state index in [0.29, 0.717) is 5.78 Å². The van der Waals surface area contributed by atoms with E-state index in [9.17, 15) is 4.79 Å². The first kappa shape index (κ1) is 13.7. The predicted molar refractivity (Wildman–Crippen MR) is 68.6 cm³/mol. The lowest BCUT2D eigenvalue weighted by molar-refractivity contribution is -0.139. The number of carbonyl (C=O) groups is 1. The van der Waals surface area contributed by atoms with Crippen molar-refractivity contribution in [2.45, 2.75) is 72.4 Å². The lowest BCUT2D eigenvalue weighted by atomic mass is 9.76. The minimum Gasteiger partial charge on any atom is -0.297 e. The van der Waals surface area contributed by atoms with Gasteiger partial charge in [-0.1, -0.05) is 20.8 Å². The molecule has 0 saturated carbocycles. The van der Waals surface area contributed by atoms with Crippen LogP contribution in [0.25, 0.3) is 0 Å². The van der Waals surface area contributed by atoms with Gasteiger partial charge in [-0.05, 0) is 47.1 Å². The molecule has 94 valence electrons. The third-order valence-electron chi connectivity index (χ3n) is 3.62. The van der Waals surface area contributed by atoms with Gasteiger partial charge in [-0.3, -0.25) is 9.69 Å². The summed E-state index contributed by atoms with van der Waals surface area (Å²) in [5.74, 6) is 0.382. The summed E-state index contributed by atoms with van der Waals surface area (Å²) < 4.78 is 0. The van der Waals surface area contributed by atoms with Crippen molar-refractivity contribution in [1.29, 1.82) is 0 Å². The quantitative estimate of drug-likeness (QED) is 0.682. The first-order valence-electron chi connectivity index (χ1n) is 6.32. The zero-order chi connectivity index (χ0) is 12.8. The molecule has 0 spiro atoms. The number of ketones is 1. The van der Waals surface area contributed by atoms with Crippen LogP contribution in [0, 0.1) is 5.41 Å². The lowest BCUT2D eigenvalue weighted by Crippen LogP contribution is -2.58. The molecule has 2 nitrogen and oxygen atoms in total. The summed E-state index contributed by atoms with van der Waals surface area (Å²) in [6.45, 7) is 15.9. The number of hydrogen-bond acceptors (Lipinski definition) is 2. The van der Waals surface area contributed by atoms with E-state index >= 15 is 0 Å². The summed E-state index contributed by atoms with van der Waals surface area (Å²) >= 11 is 0. The fourth-order valence-corrected chi connectivity index (χ4v) is 3.08. The topological polar surface area (TPSA) is 20.3 Å². The van der Waals surface area contributed by atoms with E-state index in [1.54, 1.807) is 0 Å². The highest BCUT2D eigenvalue weighted by molar-refractivity contribution is 5.92. The molecule has 1 atom stereocenters. The van der Waals surface area contributed by atoms with Gasteiger partial charge in [0.15, 0.2) is 5.78 Å². The molecule has 1 rings (SSSR count). The third kappa shape index (κ3) is 2.32. The normalized spacial score (nSPS) is 28.4. The van der Waals surface area contributed by atoms with E-state index in [-0.39, 0.29) is 16.5 Å². The second kappa shape index (κ2) is 3.83. The molecule has 0 amide bonds. The van der Waals surface area contributed by atoms with Crippen LogP contribution < -0.4 is 0 Å². The Hall–Kier alpha value is -0.370. The molecule has 16 heavy (non-hydrogen) atoms. The van der Waals surface area contributed by atoms with Gasteiger partial charge < -0.3 is 0 Å². The highest BCUT2D eigenvalue weighted by Gasteiger charge is 2.50. The van der Waals surface area contributed by atoms with Crippen LogP contribution >= 0.6 is 0 Å². The third-order valence-corrected chi connectivity index (χ3v) is 3.62. The summed E-state index contributed by atoms with van der Waals surface area (Å²) in [5.41, 5.74) is -0.439. The van der Waals surface area contributed by atoms with Gasteiger partial charge >= 0.3 is 0 Å². The minimum absolute atomic E-state index is 0.0756. The minimum atomic E-state index is -0.267. The maximum Gasteiger partial charge on any atom is 0.158 e. The van der Waals surface area contributed by atoms with Crippen molar-refractivity contribution in [2.75, 3.05) is 6.54 Å². The maximum absolute atomic E-state index is 12.6. The van der Waals surface area contributed by atoms with Gasteiger partial charge in [-0.15, -0.1) is 0 Å². The Morgan fingerprint density at radius 2 is 1.62 bits per heavy atom. The summed E-state index contributed by atoms with van der Waals surface area (Å²) in [6, 6.07) is 0. The fraction of sp³-hybridized carbons (Fsp3) is 0.929. The van der Waals surface area contributed by atoms with Gasteiger partial charge in [0.05, 0.1) is 5.54 Å². The van der Waals surface area contributed by atoms with Gasteiger partial charge in [0, 0.05) is 11.0 Å². The van der Waals surface area contributed by atoms with Gasteiger partial charge in [0.1, 0.15) is 0 Å². The molecular weight excluding hydrogens is 198 g/mol. The molecule has 0 aromatic heterocycles. The van der Waals surface area contributed by atoms with Gasteiger partial charge in [0.25, 0.3) is 0 Å². The van der Waals surface area contributed by atoms with E-state index in [4.69, 9.17) is 0 Å². The van der Waals surface area contributed by atoms with Crippen molar-refractivity contribution >= 4 is 5.78 Å². The van der Waals surface area contributed by atoms with Crippen LogP contribution in [-0.4, -0.2) is 28.3 Å². The number of rotatable bonds is 1. The molecule has 0 aromatic rings. The molecule has 0 aliphatic carbocycles. The van der Waals surface area contributed by atoms with Crippen LogP contribution in [0.15, 0.2) is 0 Å². The lowest BCUT2D eigenvalue weighted by Gasteiger charge is -2.45. The van der Waals surface area contributed by atoms with E-state index < -0.39 is 0 Å². The number of likely N-dealkylation sites (tertiary alicyclic amines) is 1. The average molecular weight is 225 g/mol. The Morgan fingerprint density at radius 3 is 2.00 bits per heavy atom. The van der Waals surface area contributed by atoms with Crippen molar-refractivity contribution in [1.82, 2.24) is 4.90 Å². The van der Waals surface area contributed by atoms with Gasteiger partial charge in [0.2, 0.25) is 0 Å². The Morgan fingerprint density at radius 1 is 1.12 bits per heavy atom. The summed E-state index contributed by atoms with van der Waals surface area (Å²) in [5, 5.41) is 0. The van der Waals surface area contributed by atoms with E-state index in [1.165, 1.54) is 0 Å². The SMILES string of the molecule is CC(C)(C)C(=O)C1(C)CCCN1C(C)(C)C. The molecule has 0 radical (unpaired) electrons. The van der Waals surface area contributed by atoms with E-state index in [2.05, 4.69) is 32.6 Å². The predicted octanol–water partition coefficient (Wildman–Crippen LogP) is 3.25. The highest BCUT2D eigenvalue weighted by atomic mass is 16.1. The number of Topliss-reactive ketones (excluding diaryl/α,β-unsaturated/α-hetero) is 1. The van der Waals surface area contributed by atoms with Crippen LogP contribution in [0.4, 0.5) is 0 Å². The highest BCUT2D eigenvalue weighted by Crippen LogP contribution is 2.39. The van der Waals surface area contributed by atoms with Crippen LogP contribution in [0.3, 0.4) is 0 Å². The van der Waals surface area contributed by atoms with Crippen molar-refractivity contribution in [3.63, 3.8) is 0 Å². The first-order chi connectivity index (χ1) is 6.99. The molecule has 1 fully saturated rings. The summed E-state index contributed by atoms with van der Waals surface area (Å²) in [4.78, 5) is 15.0. The molecule has 1 aliphatic heterocycles. The molecule has 1 heterocycles. The monoisotopic (exact) mass is 225 g/mol. The Kier molecular flexibility index (Phi) is 3.28. The zero-order valence-corrected chi connectivity index (χ0v) is 12.0. The fourth-order valence-electron chi connectivity index (χ4n) is 3.08. The van der Waals surface area contributed by atoms with Crippen LogP contribution in [0.2, 0.25) is 0 Å². The van der Waals surface area contributed by atoms with Crippen LogP contribution in [0.5, 0.6) is 0 Å². The van der Waals surface area contributed by atoms with Crippen molar-refractivity contribution < 1.29 is 4.79 Å². The smallest absolute Gasteiger partial charge is 0.158 e. The van der Waals surface area contributed by atoms with Crippen molar-refractivity contribution in [3.8, 4) is 0 Å². The number of nitrogens with zero attached hydrogens (tertiary/aromatic N) is 1. The standard InChI is InChI=1S/C14H27NO/c1-12(2,3)11(16)14(7)9-8-10-15(14)13(4,5)6/h8-10H2,1-7H3.